The molecule has 3 rings (SSSR count). The molecule has 0 fully saturated rings. The average molecular weight is 354 g/mol. The van der Waals surface area contributed by atoms with Crippen LogP contribution < -0.4 is 5.56 Å². The number of nitrogens with zero attached hydrogens (tertiary/aromatic N) is 1. The zero-order valence-electron chi connectivity index (χ0n) is 14.3. The number of carbonyl (C=O) groups is 1. The fourth-order valence-corrected chi connectivity index (χ4v) is 3.12. The lowest BCUT2D eigenvalue weighted by Gasteiger charge is -2.28. The highest BCUT2D eigenvalue weighted by Gasteiger charge is 2.24. The molecule has 134 valence electrons. The Bertz CT molecular complexity index is 985. The Morgan fingerprint density at radius 1 is 1.19 bits per heavy atom. The summed E-state index contributed by atoms with van der Waals surface area (Å²) in [4.78, 5) is 29.1. The van der Waals surface area contributed by atoms with Gasteiger partial charge in [0.05, 0.1) is 11.6 Å². The van der Waals surface area contributed by atoms with Crippen LogP contribution in [0, 0.1) is 5.82 Å². The van der Waals surface area contributed by atoms with E-state index in [4.69, 9.17) is 0 Å². The summed E-state index contributed by atoms with van der Waals surface area (Å²) in [5, 5.41) is 9.75. The number of amides is 1. The highest BCUT2D eigenvalue weighted by Crippen LogP contribution is 2.26. The maximum atomic E-state index is 13.7. The number of aromatic amines is 1. The van der Waals surface area contributed by atoms with Crippen LogP contribution in [0.1, 0.15) is 28.4 Å². The quantitative estimate of drug-likeness (QED) is 0.740. The predicted molar refractivity (Wildman–Crippen MR) is 97.5 cm³/mol. The molecule has 3 aromatic rings. The van der Waals surface area contributed by atoms with Crippen molar-refractivity contribution in [2.45, 2.75) is 12.5 Å². The summed E-state index contributed by atoms with van der Waals surface area (Å²) in [6.45, 7) is -0.0953. The van der Waals surface area contributed by atoms with E-state index in [1.807, 2.05) is 30.3 Å². The van der Waals surface area contributed by atoms with Gasteiger partial charge in [0.2, 0.25) is 5.56 Å². The SMILES string of the molecule is CN(C(=O)c1cc(=O)[nH]c2ccc(F)cc12)C(CCO)c1ccccc1. The second-order valence-electron chi connectivity index (χ2n) is 6.09. The minimum absolute atomic E-state index is 0.0953. The molecule has 0 radical (unpaired) electrons. The minimum atomic E-state index is -0.490. The highest BCUT2D eigenvalue weighted by molar-refractivity contribution is 6.06. The van der Waals surface area contributed by atoms with E-state index >= 15 is 0 Å². The van der Waals surface area contributed by atoms with Crippen LogP contribution in [0.3, 0.4) is 0 Å². The lowest BCUT2D eigenvalue weighted by Crippen LogP contribution is -2.32. The topological polar surface area (TPSA) is 73.4 Å². The first-order valence-corrected chi connectivity index (χ1v) is 8.27. The van der Waals surface area contributed by atoms with Crippen LogP contribution >= 0.6 is 0 Å². The predicted octanol–water partition coefficient (Wildman–Crippen LogP) is 2.86. The van der Waals surface area contributed by atoms with Gasteiger partial charge in [0.1, 0.15) is 5.82 Å². The van der Waals surface area contributed by atoms with E-state index < -0.39 is 17.3 Å². The van der Waals surface area contributed by atoms with Gasteiger partial charge < -0.3 is 15.0 Å². The van der Waals surface area contributed by atoms with Crippen LogP contribution in [0.15, 0.2) is 59.4 Å². The number of nitrogens with one attached hydrogen (secondary N) is 1. The van der Waals surface area contributed by atoms with E-state index in [1.54, 1.807) is 7.05 Å². The Labute approximate surface area is 149 Å². The van der Waals surface area contributed by atoms with Crippen LogP contribution in [0.5, 0.6) is 0 Å². The average Bonchev–Trinajstić information content (AvgIpc) is 2.65. The first-order chi connectivity index (χ1) is 12.5. The molecule has 6 heteroatoms. The van der Waals surface area contributed by atoms with Crippen molar-refractivity contribution in [3.63, 3.8) is 0 Å². The molecule has 5 nitrogen and oxygen atoms in total. The van der Waals surface area contributed by atoms with Gasteiger partial charge in [-0.3, -0.25) is 9.59 Å². The Morgan fingerprint density at radius 3 is 2.62 bits per heavy atom. The van der Waals surface area contributed by atoms with Crippen molar-refractivity contribution in [3.05, 3.63) is 81.9 Å². The first kappa shape index (κ1) is 17.8. The maximum Gasteiger partial charge on any atom is 0.255 e. The smallest absolute Gasteiger partial charge is 0.255 e. The summed E-state index contributed by atoms with van der Waals surface area (Å²) in [6, 6.07) is 14.0. The molecular formula is C20H19FN2O3. The van der Waals surface area contributed by atoms with Gasteiger partial charge in [-0.15, -0.1) is 0 Å². The van der Waals surface area contributed by atoms with Gasteiger partial charge in [-0.2, -0.15) is 0 Å². The van der Waals surface area contributed by atoms with Crippen molar-refractivity contribution in [3.8, 4) is 0 Å². The molecule has 0 aliphatic rings. The van der Waals surface area contributed by atoms with Crippen molar-refractivity contribution in [1.82, 2.24) is 9.88 Å². The Balaban J connectivity index is 2.06. The van der Waals surface area contributed by atoms with Crippen LogP contribution in [0.4, 0.5) is 4.39 Å². The molecule has 1 unspecified atom stereocenters. The number of aliphatic hydroxyl groups is 1. The summed E-state index contributed by atoms with van der Waals surface area (Å²) in [5.74, 6) is -0.898. The minimum Gasteiger partial charge on any atom is -0.396 e. The second-order valence-corrected chi connectivity index (χ2v) is 6.09. The number of aromatic nitrogens is 1. The Morgan fingerprint density at radius 2 is 1.92 bits per heavy atom. The fourth-order valence-electron chi connectivity index (χ4n) is 3.12. The van der Waals surface area contributed by atoms with Gasteiger partial charge in [0, 0.05) is 30.6 Å². The molecule has 1 atom stereocenters. The third-order valence-corrected chi connectivity index (χ3v) is 4.41. The number of H-pyrrole nitrogens is 1. The number of benzene rings is 2. The van der Waals surface area contributed by atoms with E-state index in [-0.39, 0.29) is 18.2 Å². The standard InChI is InChI=1S/C20H19FN2O3/c1-23(18(9-10-24)13-5-3-2-4-6-13)20(26)16-12-19(25)22-17-8-7-14(21)11-15(16)17/h2-8,11-12,18,24H,9-10H2,1H3,(H,22,25). The second kappa shape index (κ2) is 7.49. The van der Waals surface area contributed by atoms with Gasteiger partial charge in [0.25, 0.3) is 5.91 Å². The Kier molecular flexibility index (Phi) is 5.14. The molecule has 2 N–H and O–H groups in total. The van der Waals surface area contributed by atoms with Gasteiger partial charge in [-0.1, -0.05) is 30.3 Å². The molecular weight excluding hydrogens is 335 g/mol. The zero-order valence-corrected chi connectivity index (χ0v) is 14.3. The number of carbonyl (C=O) groups excluding carboxylic acids is 1. The first-order valence-electron chi connectivity index (χ1n) is 8.27. The summed E-state index contributed by atoms with van der Waals surface area (Å²) >= 11 is 0. The largest absolute Gasteiger partial charge is 0.396 e. The zero-order chi connectivity index (χ0) is 18.7. The molecule has 0 saturated heterocycles. The molecule has 0 bridgehead atoms. The van der Waals surface area contributed by atoms with Crippen molar-refractivity contribution in [2.24, 2.45) is 0 Å². The van der Waals surface area contributed by atoms with Gasteiger partial charge >= 0.3 is 0 Å². The van der Waals surface area contributed by atoms with Crippen molar-refractivity contribution in [2.75, 3.05) is 13.7 Å². The van der Waals surface area contributed by atoms with E-state index in [9.17, 15) is 19.1 Å². The number of pyridine rings is 1. The lowest BCUT2D eigenvalue weighted by atomic mass is 10.0. The van der Waals surface area contributed by atoms with Gasteiger partial charge in [-0.05, 0) is 30.2 Å². The lowest BCUT2D eigenvalue weighted by molar-refractivity contribution is 0.0707. The summed E-state index contributed by atoms with van der Waals surface area (Å²) in [6.07, 6.45) is 0.349. The highest BCUT2D eigenvalue weighted by atomic mass is 19.1. The molecule has 26 heavy (non-hydrogen) atoms. The molecule has 2 aromatic carbocycles. The number of aliphatic hydroxyl groups excluding tert-OH is 1. The molecule has 1 heterocycles. The summed E-state index contributed by atoms with van der Waals surface area (Å²) < 4.78 is 13.7. The molecule has 1 aromatic heterocycles. The van der Waals surface area contributed by atoms with Crippen molar-refractivity contribution in [1.29, 1.82) is 0 Å². The van der Waals surface area contributed by atoms with E-state index in [1.165, 1.54) is 29.2 Å². The van der Waals surface area contributed by atoms with Crippen molar-refractivity contribution >= 4 is 16.8 Å². The normalized spacial score (nSPS) is 12.1. The molecule has 0 aliphatic carbocycles. The van der Waals surface area contributed by atoms with Crippen LogP contribution in [-0.2, 0) is 0 Å². The van der Waals surface area contributed by atoms with Crippen LogP contribution in [0.2, 0.25) is 0 Å². The van der Waals surface area contributed by atoms with E-state index in [0.29, 0.717) is 17.3 Å². The van der Waals surface area contributed by atoms with Crippen LogP contribution in [-0.4, -0.2) is 34.6 Å². The molecule has 1 amide bonds. The third-order valence-electron chi connectivity index (χ3n) is 4.41. The number of rotatable bonds is 5. The van der Waals surface area contributed by atoms with Crippen LogP contribution in [0.25, 0.3) is 10.9 Å². The number of hydrogen-bond donors (Lipinski definition) is 2. The fraction of sp³-hybridized carbons (Fsp3) is 0.200. The number of fused-ring (bicyclic) bond motifs is 1. The summed E-state index contributed by atoms with van der Waals surface area (Å²) in [7, 11) is 1.61. The van der Waals surface area contributed by atoms with E-state index in [0.717, 1.165) is 5.56 Å². The number of hydrogen-bond acceptors (Lipinski definition) is 3. The van der Waals surface area contributed by atoms with E-state index in [2.05, 4.69) is 4.98 Å². The molecule has 0 saturated carbocycles. The summed E-state index contributed by atoms with van der Waals surface area (Å²) in [5.41, 5.74) is 0.968. The monoisotopic (exact) mass is 354 g/mol. The van der Waals surface area contributed by atoms with Gasteiger partial charge in [-0.25, -0.2) is 4.39 Å². The Hall–Kier alpha value is -2.99. The molecule has 0 spiro atoms. The molecule has 0 aliphatic heterocycles. The maximum absolute atomic E-state index is 13.7. The van der Waals surface area contributed by atoms with Crippen molar-refractivity contribution < 1.29 is 14.3 Å². The van der Waals surface area contributed by atoms with Gasteiger partial charge in [0.15, 0.2) is 0 Å². The number of halogens is 1. The third kappa shape index (κ3) is 3.50.